The van der Waals surface area contributed by atoms with E-state index in [9.17, 15) is 4.79 Å². The van der Waals surface area contributed by atoms with Gasteiger partial charge in [0.1, 0.15) is 5.60 Å². The van der Waals surface area contributed by atoms with E-state index in [0.29, 0.717) is 0 Å². The van der Waals surface area contributed by atoms with Crippen LogP contribution in [0.1, 0.15) is 27.2 Å². The lowest BCUT2D eigenvalue weighted by Crippen LogP contribution is -2.27. The summed E-state index contributed by atoms with van der Waals surface area (Å²) in [4.78, 5) is 10.0. The quantitative estimate of drug-likeness (QED) is 0.615. The highest BCUT2D eigenvalue weighted by molar-refractivity contribution is 5.65. The van der Waals surface area contributed by atoms with Crippen molar-refractivity contribution < 1.29 is 9.53 Å². The first-order valence-electron chi connectivity index (χ1n) is 5.07. The fourth-order valence-electron chi connectivity index (χ4n) is 1.57. The van der Waals surface area contributed by atoms with Crippen molar-refractivity contribution >= 4 is 6.09 Å². The van der Waals surface area contributed by atoms with Crippen LogP contribution in [0.5, 0.6) is 0 Å². The van der Waals surface area contributed by atoms with Gasteiger partial charge in [-0.25, -0.2) is 4.79 Å². The molecular formula is C10H20N2O2. The van der Waals surface area contributed by atoms with Gasteiger partial charge in [0.15, 0.2) is 0 Å². The van der Waals surface area contributed by atoms with Crippen LogP contribution in [0.25, 0.3) is 0 Å². The summed E-state index contributed by atoms with van der Waals surface area (Å²) in [5, 5.41) is 3.32. The number of rotatable bonds is 0. The van der Waals surface area contributed by atoms with E-state index in [1.165, 1.54) is 19.5 Å². The molecular weight excluding hydrogens is 180 g/mol. The zero-order chi connectivity index (χ0) is 10.8. The molecule has 4 heteroatoms. The lowest BCUT2D eigenvalue weighted by atomic mass is 10.2. The average Bonchev–Trinajstić information content (AvgIpc) is 2.55. The molecule has 0 aromatic heterocycles. The Kier molecular flexibility index (Phi) is 3.37. The highest BCUT2D eigenvalue weighted by Crippen LogP contribution is 2.40. The Morgan fingerprint density at radius 2 is 1.86 bits per heavy atom. The number of nitrogens with one attached hydrogen (secondary N) is 1. The molecule has 4 nitrogen and oxygen atoms in total. The summed E-state index contributed by atoms with van der Waals surface area (Å²) < 4.78 is 4.58. The van der Waals surface area contributed by atoms with E-state index in [4.69, 9.17) is 5.73 Å². The number of amides is 1. The van der Waals surface area contributed by atoms with Gasteiger partial charge < -0.3 is 15.8 Å². The number of fused-ring (bicyclic) bond motifs is 1. The van der Waals surface area contributed by atoms with Crippen molar-refractivity contribution in [1.29, 1.82) is 0 Å². The van der Waals surface area contributed by atoms with Crippen LogP contribution in [0.3, 0.4) is 0 Å². The second-order valence-corrected chi connectivity index (χ2v) is 4.95. The van der Waals surface area contributed by atoms with Crippen LogP contribution in [0.2, 0.25) is 0 Å². The summed E-state index contributed by atoms with van der Waals surface area (Å²) >= 11 is 0. The van der Waals surface area contributed by atoms with Gasteiger partial charge in [0, 0.05) is 0 Å². The maximum Gasteiger partial charge on any atom is 0.405 e. The summed E-state index contributed by atoms with van der Waals surface area (Å²) in [6, 6.07) is 0. The minimum Gasteiger partial charge on any atom is -0.444 e. The number of hydrogen-bond acceptors (Lipinski definition) is 3. The molecule has 0 aromatic carbocycles. The molecule has 82 valence electrons. The van der Waals surface area contributed by atoms with Crippen LogP contribution in [-0.4, -0.2) is 24.8 Å². The summed E-state index contributed by atoms with van der Waals surface area (Å²) in [5.74, 6) is 2.20. The predicted molar refractivity (Wildman–Crippen MR) is 54.9 cm³/mol. The Hall–Kier alpha value is -0.770. The number of ether oxygens (including phenoxy) is 1. The first-order chi connectivity index (χ1) is 6.38. The molecule has 3 N–H and O–H groups in total. The van der Waals surface area contributed by atoms with E-state index in [2.05, 4.69) is 10.1 Å². The molecule has 2 rings (SSSR count). The van der Waals surface area contributed by atoms with E-state index in [0.717, 1.165) is 11.8 Å². The summed E-state index contributed by atoms with van der Waals surface area (Å²) in [7, 11) is 0. The zero-order valence-electron chi connectivity index (χ0n) is 9.17. The van der Waals surface area contributed by atoms with Gasteiger partial charge in [0.25, 0.3) is 0 Å². The van der Waals surface area contributed by atoms with Gasteiger partial charge in [-0.1, -0.05) is 0 Å². The molecule has 1 heterocycles. The van der Waals surface area contributed by atoms with Gasteiger partial charge in [-0.15, -0.1) is 0 Å². The van der Waals surface area contributed by atoms with E-state index in [1.807, 2.05) is 0 Å². The first kappa shape index (κ1) is 11.3. The lowest BCUT2D eigenvalue weighted by Gasteiger charge is -2.16. The highest BCUT2D eigenvalue weighted by Gasteiger charge is 2.40. The summed E-state index contributed by atoms with van der Waals surface area (Å²) in [5.41, 5.74) is 4.26. The van der Waals surface area contributed by atoms with Crippen LogP contribution in [0.15, 0.2) is 0 Å². The normalized spacial score (nSPS) is 28.5. The van der Waals surface area contributed by atoms with Gasteiger partial charge in [-0.3, -0.25) is 0 Å². The smallest absolute Gasteiger partial charge is 0.405 e. The molecule has 1 saturated carbocycles. The molecule has 2 unspecified atom stereocenters. The van der Waals surface area contributed by atoms with Crippen molar-refractivity contribution in [2.24, 2.45) is 17.6 Å². The van der Waals surface area contributed by atoms with Crippen LogP contribution in [0.4, 0.5) is 4.79 Å². The van der Waals surface area contributed by atoms with Crippen LogP contribution < -0.4 is 11.1 Å². The van der Waals surface area contributed by atoms with Crippen molar-refractivity contribution in [2.75, 3.05) is 13.1 Å². The number of primary amides is 1. The van der Waals surface area contributed by atoms with E-state index < -0.39 is 11.7 Å². The third kappa shape index (κ3) is 4.46. The van der Waals surface area contributed by atoms with Gasteiger partial charge in [-0.2, -0.15) is 0 Å². The third-order valence-electron chi connectivity index (χ3n) is 2.29. The van der Waals surface area contributed by atoms with Crippen molar-refractivity contribution in [2.45, 2.75) is 32.8 Å². The molecule has 1 aliphatic carbocycles. The maximum absolute atomic E-state index is 10.0. The fraction of sp³-hybridized carbons (Fsp3) is 0.900. The third-order valence-corrected chi connectivity index (χ3v) is 2.29. The number of nitrogens with two attached hydrogens (primary N) is 1. The van der Waals surface area contributed by atoms with Gasteiger partial charge in [0.2, 0.25) is 0 Å². The predicted octanol–water partition coefficient (Wildman–Crippen LogP) is 1.11. The molecule has 0 aromatic rings. The topological polar surface area (TPSA) is 64.3 Å². The molecule has 0 bridgehead atoms. The number of carbonyl (C=O) groups is 1. The Morgan fingerprint density at radius 3 is 1.93 bits per heavy atom. The van der Waals surface area contributed by atoms with Crippen LogP contribution >= 0.6 is 0 Å². The van der Waals surface area contributed by atoms with Crippen molar-refractivity contribution in [3.8, 4) is 0 Å². The van der Waals surface area contributed by atoms with E-state index in [1.54, 1.807) is 20.8 Å². The van der Waals surface area contributed by atoms with E-state index in [-0.39, 0.29) is 0 Å². The zero-order valence-corrected chi connectivity index (χ0v) is 9.17. The lowest BCUT2D eigenvalue weighted by molar-refractivity contribution is 0.0600. The molecule has 0 spiro atoms. The monoisotopic (exact) mass is 200 g/mol. The molecule has 1 saturated heterocycles. The maximum atomic E-state index is 10.0. The van der Waals surface area contributed by atoms with Gasteiger partial charge in [-0.05, 0) is 52.1 Å². The number of hydrogen-bond donors (Lipinski definition) is 2. The second-order valence-electron chi connectivity index (χ2n) is 4.95. The summed E-state index contributed by atoms with van der Waals surface area (Å²) in [6.07, 6.45) is 0.796. The largest absolute Gasteiger partial charge is 0.444 e. The Balaban J connectivity index is 0.000000143. The van der Waals surface area contributed by atoms with Gasteiger partial charge in [0.05, 0.1) is 0 Å². The molecule has 14 heavy (non-hydrogen) atoms. The minimum absolute atomic E-state index is 0.453. The standard InChI is InChI=1S/C5H11NO2.C5H9N/c1-5(2,3)8-4(6)7;1-4-2-6-3-5(1)4/h1-3H3,(H2,6,7);4-6H,1-3H2. The molecule has 0 radical (unpaired) electrons. The Labute approximate surface area is 85.2 Å². The van der Waals surface area contributed by atoms with Crippen molar-refractivity contribution in [3.63, 3.8) is 0 Å². The molecule has 2 fully saturated rings. The first-order valence-corrected chi connectivity index (χ1v) is 5.07. The van der Waals surface area contributed by atoms with E-state index >= 15 is 0 Å². The SMILES string of the molecule is C1NCC2CC12.CC(C)(C)OC(N)=O. The minimum atomic E-state index is -0.725. The van der Waals surface area contributed by atoms with Crippen LogP contribution in [0, 0.1) is 11.8 Å². The van der Waals surface area contributed by atoms with Crippen LogP contribution in [-0.2, 0) is 4.74 Å². The second kappa shape index (κ2) is 4.17. The fourth-order valence-corrected chi connectivity index (χ4v) is 1.57. The Morgan fingerprint density at radius 1 is 1.36 bits per heavy atom. The average molecular weight is 200 g/mol. The van der Waals surface area contributed by atoms with Gasteiger partial charge >= 0.3 is 6.09 Å². The van der Waals surface area contributed by atoms with Crippen molar-refractivity contribution in [1.82, 2.24) is 5.32 Å². The number of piperidine rings is 1. The summed E-state index contributed by atoms with van der Waals surface area (Å²) in [6.45, 7) is 7.91. The number of carbonyl (C=O) groups excluding carboxylic acids is 1. The Bertz CT molecular complexity index is 203. The highest BCUT2D eigenvalue weighted by atomic mass is 16.6. The molecule has 1 aliphatic heterocycles. The molecule has 2 atom stereocenters. The molecule has 1 amide bonds. The van der Waals surface area contributed by atoms with Crippen molar-refractivity contribution in [3.05, 3.63) is 0 Å². The molecule has 2 aliphatic rings.